The van der Waals surface area contributed by atoms with Crippen LogP contribution >= 0.6 is 0 Å². The molecule has 0 bridgehead atoms. The van der Waals surface area contributed by atoms with E-state index >= 15 is 0 Å². The van der Waals surface area contributed by atoms with Crippen LogP contribution in [-0.2, 0) is 0 Å². The molecule has 0 aromatic carbocycles. The average Bonchev–Trinajstić information content (AvgIpc) is 1.72. The quantitative estimate of drug-likeness (QED) is 0.384. The van der Waals surface area contributed by atoms with Gasteiger partial charge in [0.25, 0.3) is 5.71 Å². The zero-order chi connectivity index (χ0) is 6.97. The molecule has 2 aliphatic rings. The highest BCUT2D eigenvalue weighted by Crippen LogP contribution is 2.32. The lowest BCUT2D eigenvalue weighted by atomic mass is 9.82. The second kappa shape index (κ2) is 1.93. The topological polar surface area (TPSA) is 36.4 Å². The number of rotatable bonds is 1. The zero-order valence-corrected chi connectivity index (χ0v) is 5.67. The summed E-state index contributed by atoms with van der Waals surface area (Å²) in [7, 11) is 0. The Morgan fingerprint density at radius 2 is 2.10 bits per heavy atom. The van der Waals surface area contributed by atoms with E-state index in [0.717, 1.165) is 12.1 Å². The highest BCUT2D eigenvalue weighted by atomic mass is 14.9. The van der Waals surface area contributed by atoms with Crippen molar-refractivity contribution in [2.75, 3.05) is 0 Å². The molecule has 0 unspecified atom stereocenters. The minimum atomic E-state index is 0.808. The number of hydrogen-bond donors (Lipinski definition) is 0. The van der Waals surface area contributed by atoms with Crippen LogP contribution in [0.4, 0.5) is 0 Å². The summed E-state index contributed by atoms with van der Waals surface area (Å²) in [5.74, 6) is 0. The summed E-state index contributed by atoms with van der Waals surface area (Å²) >= 11 is 0. The van der Waals surface area contributed by atoms with Crippen molar-refractivity contribution in [1.82, 2.24) is 0 Å². The van der Waals surface area contributed by atoms with Crippen molar-refractivity contribution >= 4 is 5.71 Å². The van der Waals surface area contributed by atoms with E-state index in [-0.39, 0.29) is 0 Å². The largest absolute Gasteiger partial charge is 0.361 e. The van der Waals surface area contributed by atoms with Crippen molar-refractivity contribution in [2.45, 2.75) is 19.3 Å². The van der Waals surface area contributed by atoms with Crippen molar-refractivity contribution in [1.29, 1.82) is 0 Å². The summed E-state index contributed by atoms with van der Waals surface area (Å²) < 4.78 is 0. The Balaban J connectivity index is 2.19. The highest BCUT2D eigenvalue weighted by molar-refractivity contribution is 6.01. The van der Waals surface area contributed by atoms with Crippen LogP contribution in [-0.4, -0.2) is 10.5 Å². The maximum atomic E-state index is 8.30. The molecule has 0 saturated carbocycles. The monoisotopic (exact) mass is 132 g/mol. The molecule has 50 valence electrons. The van der Waals surface area contributed by atoms with Crippen molar-refractivity contribution in [2.24, 2.45) is 0 Å². The van der Waals surface area contributed by atoms with Gasteiger partial charge in [-0.05, 0) is 24.0 Å². The molecule has 0 atom stereocenters. The smallest absolute Gasteiger partial charge is 0.296 e. The fourth-order valence-electron chi connectivity index (χ4n) is 1.22. The molecule has 0 saturated heterocycles. The number of hydrogen-bond acceptors (Lipinski definition) is 0. The Labute approximate surface area is 59.5 Å². The Morgan fingerprint density at radius 3 is 2.50 bits per heavy atom. The molecule has 2 rings (SSSR count). The van der Waals surface area contributed by atoms with Gasteiger partial charge in [-0.15, -0.1) is 0 Å². The lowest BCUT2D eigenvalue weighted by Gasteiger charge is -2.19. The first-order valence-corrected chi connectivity index (χ1v) is 3.51. The molecule has 0 aromatic heterocycles. The highest BCUT2D eigenvalue weighted by Gasteiger charge is 2.24. The summed E-state index contributed by atoms with van der Waals surface area (Å²) in [6, 6.07) is 0. The first-order valence-electron chi connectivity index (χ1n) is 3.51. The van der Waals surface area contributed by atoms with E-state index in [1.807, 2.05) is 6.08 Å². The van der Waals surface area contributed by atoms with Crippen molar-refractivity contribution in [3.8, 4) is 0 Å². The van der Waals surface area contributed by atoms with Crippen LogP contribution in [0, 0.1) is 0 Å². The van der Waals surface area contributed by atoms with Gasteiger partial charge in [0, 0.05) is 6.08 Å². The van der Waals surface area contributed by atoms with Crippen LogP contribution in [0.5, 0.6) is 0 Å². The maximum absolute atomic E-state index is 8.30. The van der Waals surface area contributed by atoms with Crippen LogP contribution < -0.4 is 0 Å². The molecule has 0 aliphatic heterocycles. The van der Waals surface area contributed by atoms with E-state index in [1.165, 1.54) is 24.0 Å². The molecule has 10 heavy (non-hydrogen) atoms. The summed E-state index contributed by atoms with van der Waals surface area (Å²) in [6.45, 7) is 0. The van der Waals surface area contributed by atoms with Crippen molar-refractivity contribution in [3.63, 3.8) is 0 Å². The molecule has 2 heteroatoms. The lowest BCUT2D eigenvalue weighted by Crippen LogP contribution is -2.14. The molecule has 0 aromatic rings. The zero-order valence-electron chi connectivity index (χ0n) is 5.67. The fraction of sp³-hybridized carbons (Fsp3) is 0.375. The molecule has 2 nitrogen and oxygen atoms in total. The predicted octanol–water partition coefficient (Wildman–Crippen LogP) is 1.71. The van der Waals surface area contributed by atoms with Gasteiger partial charge in [-0.3, -0.25) is 0 Å². The van der Waals surface area contributed by atoms with Gasteiger partial charge in [-0.1, -0.05) is 6.08 Å². The van der Waals surface area contributed by atoms with E-state index < -0.39 is 0 Å². The van der Waals surface area contributed by atoms with Gasteiger partial charge in [0.2, 0.25) is 0 Å². The van der Waals surface area contributed by atoms with Gasteiger partial charge in [0.1, 0.15) is 0 Å². The SMILES string of the molecule is [N-]=[N+]=C1C=C(C2=CCC2)C1. The second-order valence-electron chi connectivity index (χ2n) is 2.71. The van der Waals surface area contributed by atoms with Crippen molar-refractivity contribution in [3.05, 3.63) is 28.8 Å². The van der Waals surface area contributed by atoms with Gasteiger partial charge in [-0.2, -0.15) is 4.79 Å². The number of nitrogens with zero attached hydrogens (tertiary/aromatic N) is 2. The third-order valence-electron chi connectivity index (χ3n) is 2.06. The molecule has 0 spiro atoms. The first kappa shape index (κ1) is 5.63. The van der Waals surface area contributed by atoms with Gasteiger partial charge >= 0.3 is 0 Å². The first-order chi connectivity index (χ1) is 4.90. The van der Waals surface area contributed by atoms with Crippen LogP contribution in [0.2, 0.25) is 0 Å². The van der Waals surface area contributed by atoms with E-state index in [0.29, 0.717) is 0 Å². The lowest BCUT2D eigenvalue weighted by molar-refractivity contribution is -0.00708. The second-order valence-corrected chi connectivity index (χ2v) is 2.71. The van der Waals surface area contributed by atoms with Gasteiger partial charge in [0.05, 0.1) is 6.42 Å². The summed E-state index contributed by atoms with van der Waals surface area (Å²) in [4.78, 5) is 3.10. The summed E-state index contributed by atoms with van der Waals surface area (Å²) in [5.41, 5.74) is 11.9. The van der Waals surface area contributed by atoms with Crippen LogP contribution in [0.25, 0.3) is 5.53 Å². The Morgan fingerprint density at radius 1 is 1.40 bits per heavy atom. The van der Waals surface area contributed by atoms with Crippen LogP contribution in [0.1, 0.15) is 19.3 Å². The van der Waals surface area contributed by atoms with Gasteiger partial charge in [-0.25, -0.2) is 0 Å². The van der Waals surface area contributed by atoms with Crippen LogP contribution in [0.15, 0.2) is 23.3 Å². The summed E-state index contributed by atoms with van der Waals surface area (Å²) in [5, 5.41) is 0. The minimum absolute atomic E-state index is 0.808. The van der Waals surface area contributed by atoms with E-state index in [2.05, 4.69) is 10.9 Å². The molecule has 2 aliphatic carbocycles. The van der Waals surface area contributed by atoms with Crippen LogP contribution in [0.3, 0.4) is 0 Å². The molecule has 0 heterocycles. The molecular weight excluding hydrogens is 124 g/mol. The standard InChI is InChI=1S/C8H8N2/c9-10-8-4-7(5-8)6-2-1-3-6/h2,4H,1,3,5H2. The molecule has 0 fully saturated rings. The normalized spacial score (nSPS) is 21.8. The van der Waals surface area contributed by atoms with Gasteiger partial charge < -0.3 is 5.53 Å². The molecule has 0 N–H and O–H groups in total. The third kappa shape index (κ3) is 0.662. The Bertz CT molecular complexity index is 278. The fourth-order valence-corrected chi connectivity index (χ4v) is 1.22. The summed E-state index contributed by atoms with van der Waals surface area (Å²) in [6.07, 6.45) is 7.48. The van der Waals surface area contributed by atoms with E-state index in [4.69, 9.17) is 5.53 Å². The Kier molecular flexibility index (Phi) is 1.08. The minimum Gasteiger partial charge on any atom is -0.361 e. The van der Waals surface area contributed by atoms with E-state index in [9.17, 15) is 0 Å². The van der Waals surface area contributed by atoms with E-state index in [1.54, 1.807) is 0 Å². The predicted molar refractivity (Wildman–Crippen MR) is 38.6 cm³/mol. The third-order valence-corrected chi connectivity index (χ3v) is 2.06. The van der Waals surface area contributed by atoms with Crippen molar-refractivity contribution < 1.29 is 4.79 Å². The number of allylic oxidation sites excluding steroid dienone is 4. The molecular formula is C8H8N2. The Hall–Kier alpha value is -1.14. The van der Waals surface area contributed by atoms with Gasteiger partial charge in [0.15, 0.2) is 0 Å². The molecule has 0 radical (unpaired) electrons. The maximum Gasteiger partial charge on any atom is 0.296 e. The average molecular weight is 132 g/mol. The molecule has 0 amide bonds.